The monoisotopic (exact) mass is 266 g/mol. The summed E-state index contributed by atoms with van der Waals surface area (Å²) in [4.78, 5) is 25.8. The van der Waals surface area contributed by atoms with Gasteiger partial charge in [0.1, 0.15) is 12.1 Å². The van der Waals surface area contributed by atoms with Crippen LogP contribution < -0.4 is 5.32 Å². The summed E-state index contributed by atoms with van der Waals surface area (Å²) in [6.07, 6.45) is 7.81. The van der Waals surface area contributed by atoms with Crippen molar-refractivity contribution in [1.82, 2.24) is 10.2 Å². The van der Waals surface area contributed by atoms with E-state index in [9.17, 15) is 9.59 Å². The van der Waals surface area contributed by atoms with E-state index in [0.717, 1.165) is 51.4 Å². The lowest BCUT2D eigenvalue weighted by atomic mass is 10.2. The minimum Gasteiger partial charge on any atom is -0.446 e. The van der Waals surface area contributed by atoms with Gasteiger partial charge in [-0.05, 0) is 51.4 Å². The van der Waals surface area contributed by atoms with Gasteiger partial charge in [0.15, 0.2) is 0 Å². The van der Waals surface area contributed by atoms with Gasteiger partial charge in [0, 0.05) is 12.6 Å². The Bertz CT molecular complexity index is 362. The molecule has 5 nitrogen and oxygen atoms in total. The third-order valence-corrected chi connectivity index (χ3v) is 4.28. The highest BCUT2D eigenvalue weighted by Crippen LogP contribution is 2.25. The summed E-state index contributed by atoms with van der Waals surface area (Å²) in [7, 11) is 0. The second kappa shape index (κ2) is 5.39. The lowest BCUT2D eigenvalue weighted by Gasteiger charge is -2.25. The van der Waals surface area contributed by atoms with Crippen molar-refractivity contribution in [3.8, 4) is 0 Å². The molecule has 1 aliphatic heterocycles. The van der Waals surface area contributed by atoms with Crippen LogP contribution in [0.15, 0.2) is 0 Å². The number of nitrogens with one attached hydrogen (secondary N) is 1. The molecule has 0 aromatic rings. The van der Waals surface area contributed by atoms with Crippen LogP contribution in [0.2, 0.25) is 0 Å². The molecule has 0 unspecified atom stereocenters. The highest BCUT2D eigenvalue weighted by Gasteiger charge is 2.38. The quantitative estimate of drug-likeness (QED) is 0.847. The number of nitrogens with zero attached hydrogens (tertiary/aromatic N) is 1. The van der Waals surface area contributed by atoms with Gasteiger partial charge in [0.2, 0.25) is 5.91 Å². The molecule has 0 spiro atoms. The predicted octanol–water partition coefficient (Wildman–Crippen LogP) is 1.81. The predicted molar refractivity (Wildman–Crippen MR) is 69.6 cm³/mol. The smallest absolute Gasteiger partial charge is 0.410 e. The molecule has 0 radical (unpaired) electrons. The van der Waals surface area contributed by atoms with Crippen molar-refractivity contribution >= 4 is 12.0 Å². The van der Waals surface area contributed by atoms with Gasteiger partial charge in [-0.15, -0.1) is 0 Å². The summed E-state index contributed by atoms with van der Waals surface area (Å²) in [5.41, 5.74) is 0. The van der Waals surface area contributed by atoms with Gasteiger partial charge >= 0.3 is 6.09 Å². The first kappa shape index (κ1) is 12.8. The van der Waals surface area contributed by atoms with Crippen LogP contribution in [0.3, 0.4) is 0 Å². The van der Waals surface area contributed by atoms with Gasteiger partial charge in [-0.3, -0.25) is 9.69 Å². The van der Waals surface area contributed by atoms with Gasteiger partial charge in [-0.1, -0.05) is 0 Å². The average Bonchev–Trinajstić information content (AvgIpc) is 2.91. The first-order valence-corrected chi connectivity index (χ1v) is 7.51. The normalized spacial score (nSPS) is 27.6. The molecular weight excluding hydrogens is 244 g/mol. The third kappa shape index (κ3) is 3.01. The molecule has 3 aliphatic rings. The lowest BCUT2D eigenvalue weighted by molar-refractivity contribution is -0.125. The fourth-order valence-corrected chi connectivity index (χ4v) is 3.00. The molecule has 3 rings (SSSR count). The molecule has 2 saturated carbocycles. The van der Waals surface area contributed by atoms with E-state index in [1.54, 1.807) is 4.90 Å². The number of hydrogen-bond acceptors (Lipinski definition) is 3. The summed E-state index contributed by atoms with van der Waals surface area (Å²) in [5.74, 6) is 0.00312. The zero-order valence-corrected chi connectivity index (χ0v) is 11.3. The van der Waals surface area contributed by atoms with Crippen LogP contribution in [0, 0.1) is 0 Å². The van der Waals surface area contributed by atoms with E-state index in [0.29, 0.717) is 12.6 Å². The summed E-state index contributed by atoms with van der Waals surface area (Å²) in [5, 5.41) is 2.99. The lowest BCUT2D eigenvalue weighted by Crippen LogP contribution is -2.47. The molecule has 0 aromatic heterocycles. The van der Waals surface area contributed by atoms with Gasteiger partial charge in [-0.25, -0.2) is 4.79 Å². The van der Waals surface area contributed by atoms with Gasteiger partial charge in [0.05, 0.1) is 0 Å². The number of carbonyl (C=O) groups excluding carboxylic acids is 2. The van der Waals surface area contributed by atoms with E-state index in [1.807, 2.05) is 0 Å². The second-order valence-corrected chi connectivity index (χ2v) is 5.92. The van der Waals surface area contributed by atoms with Crippen LogP contribution >= 0.6 is 0 Å². The molecule has 2 amide bonds. The highest BCUT2D eigenvalue weighted by molar-refractivity contribution is 5.86. The van der Waals surface area contributed by atoms with Crippen molar-refractivity contribution in [2.75, 3.05) is 6.54 Å². The number of ether oxygens (including phenoxy) is 1. The van der Waals surface area contributed by atoms with Crippen LogP contribution in [0.4, 0.5) is 4.79 Å². The number of amides is 2. The summed E-state index contributed by atoms with van der Waals surface area (Å²) in [6.45, 7) is 0.647. The van der Waals surface area contributed by atoms with E-state index in [-0.39, 0.29) is 24.1 Å². The number of likely N-dealkylation sites (tertiary alicyclic amines) is 1. The van der Waals surface area contributed by atoms with Gasteiger partial charge in [-0.2, -0.15) is 0 Å². The molecule has 1 N–H and O–H groups in total. The van der Waals surface area contributed by atoms with E-state index < -0.39 is 0 Å². The number of hydrogen-bond donors (Lipinski definition) is 1. The summed E-state index contributed by atoms with van der Waals surface area (Å²) in [6, 6.07) is 0.0373. The van der Waals surface area contributed by atoms with Crippen molar-refractivity contribution in [2.45, 2.75) is 69.6 Å². The zero-order chi connectivity index (χ0) is 13.2. The van der Waals surface area contributed by atoms with Crippen molar-refractivity contribution in [3.63, 3.8) is 0 Å². The average molecular weight is 266 g/mol. The van der Waals surface area contributed by atoms with Crippen LogP contribution in [-0.2, 0) is 9.53 Å². The maximum absolute atomic E-state index is 12.1. The van der Waals surface area contributed by atoms with Gasteiger partial charge in [0.25, 0.3) is 0 Å². The maximum Gasteiger partial charge on any atom is 0.410 e. The minimum atomic E-state index is -0.311. The molecule has 0 bridgehead atoms. The van der Waals surface area contributed by atoms with E-state index in [2.05, 4.69) is 5.32 Å². The fraction of sp³-hybridized carbons (Fsp3) is 0.857. The highest BCUT2D eigenvalue weighted by atomic mass is 16.6. The first-order valence-electron chi connectivity index (χ1n) is 7.51. The van der Waals surface area contributed by atoms with E-state index in [4.69, 9.17) is 4.74 Å². The first-order chi connectivity index (χ1) is 9.24. The Balaban J connectivity index is 1.54. The molecule has 106 valence electrons. The van der Waals surface area contributed by atoms with Crippen molar-refractivity contribution in [3.05, 3.63) is 0 Å². The molecule has 5 heteroatoms. The molecule has 1 saturated heterocycles. The standard InChI is InChI=1S/C14H22N2O3/c17-13(15-10-7-8-10)12-6-3-9-16(12)14(18)19-11-4-1-2-5-11/h10-12H,1-9H2,(H,15,17)/t12-/m1/s1. The van der Waals surface area contributed by atoms with Crippen LogP contribution in [0.25, 0.3) is 0 Å². The molecular formula is C14H22N2O3. The molecule has 2 aliphatic carbocycles. The molecule has 19 heavy (non-hydrogen) atoms. The Morgan fingerprint density at radius 1 is 1.00 bits per heavy atom. The van der Waals surface area contributed by atoms with Crippen molar-refractivity contribution in [1.29, 1.82) is 0 Å². The van der Waals surface area contributed by atoms with Crippen LogP contribution in [0.5, 0.6) is 0 Å². The Hall–Kier alpha value is -1.26. The van der Waals surface area contributed by atoms with Gasteiger partial charge < -0.3 is 10.1 Å². The molecule has 0 aromatic carbocycles. The molecule has 3 fully saturated rings. The minimum absolute atomic E-state index is 0.00312. The van der Waals surface area contributed by atoms with Crippen molar-refractivity contribution < 1.29 is 14.3 Å². The number of rotatable bonds is 3. The topological polar surface area (TPSA) is 58.6 Å². The fourth-order valence-electron chi connectivity index (χ4n) is 3.00. The van der Waals surface area contributed by atoms with E-state index >= 15 is 0 Å². The Labute approximate surface area is 113 Å². The Morgan fingerprint density at radius 3 is 2.42 bits per heavy atom. The Kier molecular flexibility index (Phi) is 3.62. The van der Waals surface area contributed by atoms with Crippen molar-refractivity contribution in [2.24, 2.45) is 0 Å². The second-order valence-electron chi connectivity index (χ2n) is 5.92. The van der Waals surface area contributed by atoms with E-state index in [1.165, 1.54) is 0 Å². The SMILES string of the molecule is O=C(NC1CC1)[C@H]1CCCN1C(=O)OC1CCCC1. The summed E-state index contributed by atoms with van der Waals surface area (Å²) < 4.78 is 5.50. The largest absolute Gasteiger partial charge is 0.446 e. The Morgan fingerprint density at radius 2 is 1.74 bits per heavy atom. The third-order valence-electron chi connectivity index (χ3n) is 4.28. The number of carbonyl (C=O) groups is 2. The maximum atomic E-state index is 12.1. The van der Waals surface area contributed by atoms with Crippen LogP contribution in [0.1, 0.15) is 51.4 Å². The molecule has 1 heterocycles. The van der Waals surface area contributed by atoms with Crippen LogP contribution in [-0.4, -0.2) is 41.6 Å². The zero-order valence-electron chi connectivity index (χ0n) is 11.3. The molecule has 1 atom stereocenters. The summed E-state index contributed by atoms with van der Waals surface area (Å²) >= 11 is 0.